The first-order valence-corrected chi connectivity index (χ1v) is 6.31. The number of hydrogen-bond donors (Lipinski definition) is 2. The van der Waals surface area contributed by atoms with Crippen LogP contribution in [-0.4, -0.2) is 17.6 Å². The summed E-state index contributed by atoms with van der Waals surface area (Å²) in [6.07, 6.45) is 0.162. The summed E-state index contributed by atoms with van der Waals surface area (Å²) in [5, 5.41) is 12.1. The molecule has 94 valence electrons. The fourth-order valence-corrected chi connectivity index (χ4v) is 2.11. The number of aliphatic carboxylic acids is 1. The lowest BCUT2D eigenvalue weighted by molar-refractivity contribution is -0.139. The van der Waals surface area contributed by atoms with Crippen molar-refractivity contribution >= 4 is 27.6 Å². The number of nitrogens with one attached hydrogen (secondary N) is 1. The zero-order chi connectivity index (χ0) is 13.1. The monoisotopic (exact) mass is 299 g/mol. The van der Waals surface area contributed by atoms with Crippen molar-refractivity contribution in [1.82, 2.24) is 0 Å². The van der Waals surface area contributed by atoms with E-state index in [4.69, 9.17) is 5.11 Å². The lowest BCUT2D eigenvalue weighted by Gasteiger charge is -2.24. The third-order valence-corrected chi connectivity index (χ3v) is 3.07. The average molecular weight is 300 g/mol. The van der Waals surface area contributed by atoms with Crippen molar-refractivity contribution in [2.24, 2.45) is 5.41 Å². The smallest absolute Gasteiger partial charge is 0.303 e. The Morgan fingerprint density at radius 2 is 2.12 bits per heavy atom. The summed E-state index contributed by atoms with van der Waals surface area (Å²) in [6, 6.07) is 6.00. The first-order valence-electron chi connectivity index (χ1n) is 5.52. The number of carbonyl (C=O) groups is 1. The van der Waals surface area contributed by atoms with E-state index in [2.05, 4.69) is 21.2 Å². The van der Waals surface area contributed by atoms with E-state index in [0.29, 0.717) is 6.54 Å². The molecular weight excluding hydrogens is 282 g/mol. The van der Waals surface area contributed by atoms with E-state index >= 15 is 0 Å². The van der Waals surface area contributed by atoms with Gasteiger partial charge in [0.1, 0.15) is 0 Å². The highest BCUT2D eigenvalue weighted by atomic mass is 79.9. The van der Waals surface area contributed by atoms with Crippen LogP contribution in [0.2, 0.25) is 0 Å². The average Bonchev–Trinajstić information content (AvgIpc) is 2.14. The normalized spacial score (nSPS) is 11.3. The van der Waals surface area contributed by atoms with Gasteiger partial charge in [0.2, 0.25) is 0 Å². The van der Waals surface area contributed by atoms with Crippen LogP contribution in [0.5, 0.6) is 0 Å². The molecule has 4 heteroatoms. The Balaban J connectivity index is 2.64. The molecule has 0 atom stereocenters. The summed E-state index contributed by atoms with van der Waals surface area (Å²) in [6.45, 7) is 6.56. The molecule has 3 nitrogen and oxygen atoms in total. The second kappa shape index (κ2) is 5.54. The summed E-state index contributed by atoms with van der Waals surface area (Å²) < 4.78 is 1.05. The molecule has 0 aliphatic rings. The number of rotatable bonds is 5. The summed E-state index contributed by atoms with van der Waals surface area (Å²) >= 11 is 3.41. The highest BCUT2D eigenvalue weighted by molar-refractivity contribution is 9.10. The lowest BCUT2D eigenvalue weighted by atomic mass is 9.89. The van der Waals surface area contributed by atoms with Crippen molar-refractivity contribution in [2.45, 2.75) is 27.2 Å². The second-order valence-corrected chi connectivity index (χ2v) is 5.96. The first-order chi connectivity index (χ1) is 7.80. The Hall–Kier alpha value is -1.03. The van der Waals surface area contributed by atoms with E-state index in [0.717, 1.165) is 15.7 Å². The predicted molar refractivity (Wildman–Crippen MR) is 73.4 cm³/mol. The molecule has 1 aromatic rings. The quantitative estimate of drug-likeness (QED) is 0.872. The van der Waals surface area contributed by atoms with Crippen molar-refractivity contribution < 1.29 is 9.90 Å². The van der Waals surface area contributed by atoms with E-state index < -0.39 is 5.97 Å². The molecule has 0 aliphatic heterocycles. The minimum atomic E-state index is -0.760. The van der Waals surface area contributed by atoms with E-state index in [9.17, 15) is 4.79 Å². The third kappa shape index (κ3) is 4.77. The summed E-state index contributed by atoms with van der Waals surface area (Å²) in [5.41, 5.74) is 1.93. The van der Waals surface area contributed by atoms with Gasteiger partial charge in [0.05, 0.1) is 6.42 Å². The number of anilines is 1. The third-order valence-electron chi connectivity index (χ3n) is 2.58. The number of carboxylic acids is 1. The molecule has 0 spiro atoms. The Morgan fingerprint density at radius 3 is 2.65 bits per heavy atom. The summed E-state index contributed by atoms with van der Waals surface area (Å²) in [5.74, 6) is -0.760. The molecule has 0 bridgehead atoms. The highest BCUT2D eigenvalue weighted by Gasteiger charge is 2.21. The number of carboxylic acid groups (broad SMARTS) is 1. The van der Waals surface area contributed by atoms with Crippen LogP contribution in [0.1, 0.15) is 25.8 Å². The molecule has 0 saturated carbocycles. The molecule has 0 aliphatic carbocycles. The molecule has 0 heterocycles. The number of benzene rings is 1. The molecule has 1 aromatic carbocycles. The molecule has 0 saturated heterocycles. The van der Waals surface area contributed by atoms with Crippen molar-refractivity contribution in [3.05, 3.63) is 28.2 Å². The predicted octanol–water partition coefficient (Wildman–Crippen LogP) is 3.67. The minimum Gasteiger partial charge on any atom is -0.481 e. The number of hydrogen-bond acceptors (Lipinski definition) is 2. The highest BCUT2D eigenvalue weighted by Crippen LogP contribution is 2.24. The van der Waals surface area contributed by atoms with Gasteiger partial charge in [-0.25, -0.2) is 0 Å². The Labute approximate surface area is 110 Å². The topological polar surface area (TPSA) is 49.3 Å². The van der Waals surface area contributed by atoms with E-state index in [1.165, 1.54) is 0 Å². The molecule has 0 radical (unpaired) electrons. The van der Waals surface area contributed by atoms with Gasteiger partial charge in [0.25, 0.3) is 0 Å². The van der Waals surface area contributed by atoms with Crippen LogP contribution in [0.3, 0.4) is 0 Å². The van der Waals surface area contributed by atoms with Gasteiger partial charge in [-0.3, -0.25) is 4.79 Å². The van der Waals surface area contributed by atoms with Gasteiger partial charge in [0, 0.05) is 16.7 Å². The molecule has 17 heavy (non-hydrogen) atoms. The van der Waals surface area contributed by atoms with Gasteiger partial charge in [0.15, 0.2) is 0 Å². The maximum Gasteiger partial charge on any atom is 0.303 e. The molecule has 0 fully saturated rings. The molecule has 0 amide bonds. The van der Waals surface area contributed by atoms with Gasteiger partial charge in [-0.05, 0) is 36.1 Å². The maximum atomic E-state index is 10.7. The van der Waals surface area contributed by atoms with Gasteiger partial charge >= 0.3 is 5.97 Å². The minimum absolute atomic E-state index is 0.162. The van der Waals surface area contributed by atoms with E-state index in [1.807, 2.05) is 39.0 Å². The summed E-state index contributed by atoms with van der Waals surface area (Å²) in [7, 11) is 0. The Morgan fingerprint density at radius 1 is 1.47 bits per heavy atom. The van der Waals surface area contributed by atoms with E-state index in [1.54, 1.807) is 0 Å². The van der Waals surface area contributed by atoms with Crippen LogP contribution >= 0.6 is 15.9 Å². The van der Waals surface area contributed by atoms with Crippen LogP contribution < -0.4 is 5.32 Å². The number of aryl methyl sites for hydroxylation is 1. The summed E-state index contributed by atoms with van der Waals surface area (Å²) in [4.78, 5) is 10.7. The molecular formula is C13H18BrNO2. The van der Waals surface area contributed by atoms with Crippen LogP contribution in [0.4, 0.5) is 5.69 Å². The van der Waals surface area contributed by atoms with Crippen molar-refractivity contribution in [3.63, 3.8) is 0 Å². The van der Waals surface area contributed by atoms with Crippen molar-refractivity contribution in [2.75, 3.05) is 11.9 Å². The van der Waals surface area contributed by atoms with E-state index in [-0.39, 0.29) is 11.8 Å². The van der Waals surface area contributed by atoms with Gasteiger partial charge < -0.3 is 10.4 Å². The van der Waals surface area contributed by atoms with Crippen LogP contribution in [0, 0.1) is 12.3 Å². The fourth-order valence-electron chi connectivity index (χ4n) is 1.63. The van der Waals surface area contributed by atoms with Crippen molar-refractivity contribution in [1.29, 1.82) is 0 Å². The molecule has 1 rings (SSSR count). The lowest BCUT2D eigenvalue weighted by Crippen LogP contribution is -2.26. The van der Waals surface area contributed by atoms with Gasteiger partial charge in [-0.2, -0.15) is 0 Å². The van der Waals surface area contributed by atoms with Crippen LogP contribution in [0.15, 0.2) is 22.7 Å². The standard InChI is InChI=1S/C13H18BrNO2/c1-9-6-10(14)4-5-11(9)15-8-13(2,3)7-12(16)17/h4-6,15H,7-8H2,1-3H3,(H,16,17). The van der Waals surface area contributed by atoms with Gasteiger partial charge in [-0.15, -0.1) is 0 Å². The molecule has 0 aromatic heterocycles. The second-order valence-electron chi connectivity index (χ2n) is 5.05. The SMILES string of the molecule is Cc1cc(Br)ccc1NCC(C)(C)CC(=O)O. The van der Waals surface area contributed by atoms with Crippen LogP contribution in [-0.2, 0) is 4.79 Å². The molecule has 0 unspecified atom stereocenters. The number of halogens is 1. The van der Waals surface area contributed by atoms with Crippen molar-refractivity contribution in [3.8, 4) is 0 Å². The Bertz CT molecular complexity index is 416. The Kier molecular flexibility index (Phi) is 4.57. The largest absolute Gasteiger partial charge is 0.481 e. The van der Waals surface area contributed by atoms with Gasteiger partial charge in [-0.1, -0.05) is 29.8 Å². The fraction of sp³-hybridized carbons (Fsp3) is 0.462. The van der Waals surface area contributed by atoms with Crippen LogP contribution in [0.25, 0.3) is 0 Å². The maximum absolute atomic E-state index is 10.7. The first kappa shape index (κ1) is 14.0. The zero-order valence-corrected chi connectivity index (χ0v) is 12.0. The zero-order valence-electron chi connectivity index (χ0n) is 10.4. The molecule has 2 N–H and O–H groups in total.